The monoisotopic (exact) mass is 566 g/mol. The summed E-state index contributed by atoms with van der Waals surface area (Å²) in [6, 6.07) is 18.7. The molecule has 0 aromatic heterocycles. The van der Waals surface area contributed by atoms with Crippen LogP contribution in [0.3, 0.4) is 0 Å². The predicted octanol–water partition coefficient (Wildman–Crippen LogP) is 4.55. The van der Waals surface area contributed by atoms with Crippen molar-refractivity contribution in [2.24, 2.45) is 0 Å². The Morgan fingerprint density at radius 3 is 2.55 bits per heavy atom. The van der Waals surface area contributed by atoms with Gasteiger partial charge in [0.1, 0.15) is 36.6 Å². The topological polar surface area (TPSA) is 89.5 Å². The van der Waals surface area contributed by atoms with Crippen LogP contribution in [0.5, 0.6) is 17.2 Å². The van der Waals surface area contributed by atoms with E-state index in [-0.39, 0.29) is 18.1 Å². The third kappa shape index (κ3) is 6.36. The summed E-state index contributed by atoms with van der Waals surface area (Å²) in [6.07, 6.45) is 0.971. The minimum atomic E-state index is -0.731. The lowest BCUT2D eigenvalue weighted by molar-refractivity contribution is -0.0835. The van der Waals surface area contributed by atoms with Crippen molar-refractivity contribution in [3.8, 4) is 17.2 Å². The molecule has 2 aliphatic rings. The van der Waals surface area contributed by atoms with E-state index in [1.54, 1.807) is 32.4 Å². The van der Waals surface area contributed by atoms with Crippen LogP contribution in [0.2, 0.25) is 5.02 Å². The van der Waals surface area contributed by atoms with Crippen LogP contribution in [-0.4, -0.2) is 62.4 Å². The van der Waals surface area contributed by atoms with Gasteiger partial charge in [-0.3, -0.25) is 4.79 Å². The van der Waals surface area contributed by atoms with Gasteiger partial charge in [-0.2, -0.15) is 0 Å². The fourth-order valence-electron chi connectivity index (χ4n) is 5.39. The van der Waals surface area contributed by atoms with Crippen molar-refractivity contribution in [2.45, 2.75) is 37.8 Å². The lowest BCUT2D eigenvalue weighted by Crippen LogP contribution is -2.46. The zero-order chi connectivity index (χ0) is 28.1. The third-order valence-corrected chi connectivity index (χ3v) is 7.85. The van der Waals surface area contributed by atoms with Crippen LogP contribution >= 0.6 is 11.6 Å². The van der Waals surface area contributed by atoms with Crippen LogP contribution in [0.1, 0.15) is 39.9 Å². The summed E-state index contributed by atoms with van der Waals surface area (Å²) in [4.78, 5) is 14.7. The summed E-state index contributed by atoms with van der Waals surface area (Å²) in [7, 11) is 3.19. The van der Waals surface area contributed by atoms with Crippen LogP contribution in [0, 0.1) is 0 Å². The van der Waals surface area contributed by atoms with Crippen LogP contribution in [0.15, 0.2) is 60.7 Å². The molecule has 0 saturated carbocycles. The van der Waals surface area contributed by atoms with Gasteiger partial charge in [0.2, 0.25) is 0 Å². The minimum Gasteiger partial charge on any atom is -0.497 e. The Labute approximate surface area is 239 Å². The van der Waals surface area contributed by atoms with Gasteiger partial charge in [0.15, 0.2) is 0 Å². The second kappa shape index (κ2) is 12.5. The van der Waals surface area contributed by atoms with Gasteiger partial charge in [0.25, 0.3) is 5.91 Å². The van der Waals surface area contributed by atoms with E-state index >= 15 is 0 Å². The quantitative estimate of drug-likeness (QED) is 0.372. The zero-order valence-electron chi connectivity index (χ0n) is 22.8. The Balaban J connectivity index is 1.16. The standard InChI is InChI=1S/C31H35ClN2O6/c1-33-30(36)27-9-8-26(38-18-21-3-6-25(37-2)7-4-21)16-29(27)39-20-24(35)17-34-13-11-31(12-14-34)28-10-5-23(32)15-22(28)19-40-31/h3-10,15-16,24,35H,11-14,17-20H2,1-2H3,(H,33,36)/t24-/m0/s1. The second-order valence-electron chi connectivity index (χ2n) is 10.2. The number of methoxy groups -OCH3 is 1. The number of ether oxygens (including phenoxy) is 4. The van der Waals surface area contributed by atoms with E-state index in [1.165, 1.54) is 5.56 Å². The number of benzene rings is 3. The molecular formula is C31H35ClN2O6. The summed E-state index contributed by atoms with van der Waals surface area (Å²) >= 11 is 6.16. The maximum Gasteiger partial charge on any atom is 0.254 e. The van der Waals surface area contributed by atoms with Gasteiger partial charge in [0.05, 0.1) is 24.9 Å². The summed E-state index contributed by atoms with van der Waals surface area (Å²) < 4.78 is 23.4. The highest BCUT2D eigenvalue weighted by molar-refractivity contribution is 6.30. The smallest absolute Gasteiger partial charge is 0.254 e. The first-order valence-corrected chi connectivity index (χ1v) is 13.8. The first-order chi connectivity index (χ1) is 19.4. The van der Waals surface area contributed by atoms with E-state index in [9.17, 15) is 9.90 Å². The second-order valence-corrected chi connectivity index (χ2v) is 10.7. The van der Waals surface area contributed by atoms with Gasteiger partial charge in [-0.05, 0) is 65.9 Å². The average molecular weight is 567 g/mol. The maximum absolute atomic E-state index is 12.4. The Morgan fingerprint density at radius 1 is 1.07 bits per heavy atom. The number of likely N-dealkylation sites (tertiary alicyclic amines) is 1. The van der Waals surface area contributed by atoms with Gasteiger partial charge in [-0.1, -0.05) is 29.8 Å². The molecule has 2 N–H and O–H groups in total. The van der Waals surface area contributed by atoms with E-state index in [1.807, 2.05) is 36.4 Å². The van der Waals surface area contributed by atoms with Crippen molar-refractivity contribution in [3.05, 3.63) is 87.9 Å². The number of aliphatic hydroxyl groups is 1. The number of hydrogen-bond donors (Lipinski definition) is 2. The highest BCUT2D eigenvalue weighted by atomic mass is 35.5. The highest BCUT2D eigenvalue weighted by Crippen LogP contribution is 2.44. The number of carbonyl (C=O) groups is 1. The van der Waals surface area contributed by atoms with Crippen LogP contribution in [-0.2, 0) is 23.6 Å². The molecule has 1 amide bonds. The lowest BCUT2D eigenvalue weighted by Gasteiger charge is -2.39. The molecule has 40 heavy (non-hydrogen) atoms. The van der Waals surface area contributed by atoms with E-state index < -0.39 is 6.10 Å². The molecule has 8 nitrogen and oxygen atoms in total. The largest absolute Gasteiger partial charge is 0.497 e. The SMILES string of the molecule is CNC(=O)c1ccc(OCc2ccc(OC)cc2)cc1OC[C@@H](O)CN1CCC2(CC1)OCc1cc(Cl)ccc12. The van der Waals surface area contributed by atoms with E-state index in [0.29, 0.717) is 36.8 Å². The number of aliphatic hydroxyl groups excluding tert-OH is 1. The van der Waals surface area contributed by atoms with Crippen molar-refractivity contribution >= 4 is 17.5 Å². The number of piperidine rings is 1. The average Bonchev–Trinajstić information content (AvgIpc) is 3.32. The van der Waals surface area contributed by atoms with E-state index in [2.05, 4.69) is 16.3 Å². The van der Waals surface area contributed by atoms with Gasteiger partial charge >= 0.3 is 0 Å². The summed E-state index contributed by atoms with van der Waals surface area (Å²) in [5.74, 6) is 1.43. The third-order valence-electron chi connectivity index (χ3n) is 7.62. The first-order valence-electron chi connectivity index (χ1n) is 13.5. The maximum atomic E-state index is 12.4. The number of hydrogen-bond acceptors (Lipinski definition) is 7. The number of nitrogens with one attached hydrogen (secondary N) is 1. The fraction of sp³-hybridized carbons (Fsp3) is 0.387. The molecule has 2 aliphatic heterocycles. The Morgan fingerprint density at radius 2 is 1.82 bits per heavy atom. The summed E-state index contributed by atoms with van der Waals surface area (Å²) in [6.45, 7) is 3.05. The highest BCUT2D eigenvalue weighted by Gasteiger charge is 2.42. The number of β-amino-alcohol motifs (C(OH)–C–C–N with tert-alkyl or cyclic N) is 1. The number of fused-ring (bicyclic) bond motifs is 2. The Bertz CT molecular complexity index is 1320. The molecule has 0 aliphatic carbocycles. The molecule has 3 aromatic rings. The van der Waals surface area contributed by atoms with E-state index in [4.69, 9.17) is 30.5 Å². The van der Waals surface area contributed by atoms with Crippen LogP contribution in [0.25, 0.3) is 0 Å². The lowest BCUT2D eigenvalue weighted by atomic mass is 9.84. The van der Waals surface area contributed by atoms with Crippen molar-refractivity contribution < 1.29 is 28.8 Å². The molecule has 9 heteroatoms. The van der Waals surface area contributed by atoms with Gasteiger partial charge < -0.3 is 34.3 Å². The van der Waals surface area contributed by atoms with Crippen molar-refractivity contribution in [2.75, 3.05) is 40.4 Å². The first kappa shape index (κ1) is 28.2. The van der Waals surface area contributed by atoms with Crippen molar-refractivity contribution in [3.63, 3.8) is 0 Å². The van der Waals surface area contributed by atoms with Gasteiger partial charge in [-0.25, -0.2) is 0 Å². The molecular weight excluding hydrogens is 532 g/mol. The molecule has 1 spiro atoms. The molecule has 5 rings (SSSR count). The van der Waals surface area contributed by atoms with Crippen molar-refractivity contribution in [1.29, 1.82) is 0 Å². The van der Waals surface area contributed by atoms with Crippen LogP contribution in [0.4, 0.5) is 0 Å². The molecule has 0 radical (unpaired) electrons. The molecule has 0 bridgehead atoms. The molecule has 1 fully saturated rings. The fourth-order valence-corrected chi connectivity index (χ4v) is 5.58. The molecule has 3 aromatic carbocycles. The Hall–Kier alpha value is -3.30. The Kier molecular flexibility index (Phi) is 8.81. The van der Waals surface area contributed by atoms with E-state index in [0.717, 1.165) is 47.8 Å². The number of nitrogens with zero attached hydrogens (tertiary/aromatic N) is 1. The van der Waals surface area contributed by atoms with Crippen LogP contribution < -0.4 is 19.5 Å². The number of rotatable bonds is 10. The summed E-state index contributed by atoms with van der Waals surface area (Å²) in [5.41, 5.74) is 3.48. The number of halogens is 1. The molecule has 1 atom stereocenters. The predicted molar refractivity (Wildman–Crippen MR) is 152 cm³/mol. The van der Waals surface area contributed by atoms with Gasteiger partial charge in [-0.15, -0.1) is 0 Å². The minimum absolute atomic E-state index is 0.0470. The molecule has 0 unspecified atom stereocenters. The summed E-state index contributed by atoms with van der Waals surface area (Å²) in [5, 5.41) is 14.2. The van der Waals surface area contributed by atoms with Crippen molar-refractivity contribution in [1.82, 2.24) is 10.2 Å². The zero-order valence-corrected chi connectivity index (χ0v) is 23.6. The molecule has 2 heterocycles. The molecule has 212 valence electrons. The van der Waals surface area contributed by atoms with Gasteiger partial charge in [0, 0.05) is 37.8 Å². The number of carbonyl (C=O) groups excluding carboxylic acids is 1. The normalized spacial score (nSPS) is 16.8. The number of amides is 1. The molecule has 1 saturated heterocycles.